The minimum atomic E-state index is -3.78. The van der Waals surface area contributed by atoms with Gasteiger partial charge in [-0.15, -0.1) is 0 Å². The molecule has 7 nitrogen and oxygen atoms in total. The lowest BCUT2D eigenvalue weighted by Crippen LogP contribution is -2.12. The highest BCUT2D eigenvalue weighted by atomic mass is 32.2. The van der Waals surface area contributed by atoms with Crippen molar-refractivity contribution >= 4 is 38.1 Å². The van der Waals surface area contributed by atoms with Gasteiger partial charge in [0.2, 0.25) is 0 Å². The van der Waals surface area contributed by atoms with E-state index in [-0.39, 0.29) is 10.5 Å². The number of nitrogens with one attached hydrogen (secondary N) is 1. The second-order valence-electron chi connectivity index (χ2n) is 6.07. The molecule has 0 fully saturated rings. The van der Waals surface area contributed by atoms with Crippen LogP contribution in [0.25, 0.3) is 11.0 Å². The lowest BCUT2D eigenvalue weighted by Gasteiger charge is -2.12. The van der Waals surface area contributed by atoms with Crippen LogP contribution in [0.15, 0.2) is 78.0 Å². The van der Waals surface area contributed by atoms with Crippen molar-refractivity contribution in [3.05, 3.63) is 78.6 Å². The second kappa shape index (κ2) is 6.72. The molecule has 0 spiro atoms. The molecule has 0 unspecified atom stereocenters. The van der Waals surface area contributed by atoms with Gasteiger partial charge in [-0.3, -0.25) is 0 Å². The number of fused-ring (bicyclic) bond motifs is 1. The fraction of sp³-hybridized carbons (Fsp3) is 0. The van der Waals surface area contributed by atoms with Crippen LogP contribution in [0.5, 0.6) is 0 Å². The molecule has 138 valence electrons. The summed E-state index contributed by atoms with van der Waals surface area (Å²) in [5, 5.41) is 12.7. The van der Waals surface area contributed by atoms with Crippen LogP contribution in [0.1, 0.15) is 5.56 Å². The standard InChI is InChI=1S/C20H15N5O2S/c21-12-14-6-8-15(9-7-14)24-19-17-10-11-25(20(17)23-13-18(19)22)28(26,27)16-4-2-1-3-5-16/h1-11,13H,22H2,(H,23,24). The maximum absolute atomic E-state index is 13.0. The van der Waals surface area contributed by atoms with Crippen LogP contribution < -0.4 is 11.1 Å². The zero-order chi connectivity index (χ0) is 19.7. The fourth-order valence-electron chi connectivity index (χ4n) is 2.89. The van der Waals surface area contributed by atoms with Crippen LogP contribution in [0.2, 0.25) is 0 Å². The lowest BCUT2D eigenvalue weighted by atomic mass is 10.2. The molecule has 0 bridgehead atoms. The van der Waals surface area contributed by atoms with Crippen molar-refractivity contribution in [1.82, 2.24) is 8.96 Å². The van der Waals surface area contributed by atoms with Crippen LogP contribution in [0.4, 0.5) is 17.1 Å². The summed E-state index contributed by atoms with van der Waals surface area (Å²) in [5.41, 5.74) is 8.55. The van der Waals surface area contributed by atoms with E-state index in [2.05, 4.69) is 16.4 Å². The summed E-state index contributed by atoms with van der Waals surface area (Å²) >= 11 is 0. The first-order valence-electron chi connectivity index (χ1n) is 8.34. The van der Waals surface area contributed by atoms with Crippen molar-refractivity contribution < 1.29 is 8.42 Å². The van der Waals surface area contributed by atoms with Crippen molar-refractivity contribution in [2.75, 3.05) is 11.1 Å². The quantitative estimate of drug-likeness (QED) is 0.552. The number of nitrogens with zero attached hydrogens (tertiary/aromatic N) is 3. The molecule has 8 heteroatoms. The average Bonchev–Trinajstić information content (AvgIpc) is 3.16. The average molecular weight is 389 g/mol. The van der Waals surface area contributed by atoms with Gasteiger partial charge in [0.25, 0.3) is 10.0 Å². The minimum absolute atomic E-state index is 0.174. The van der Waals surface area contributed by atoms with Crippen LogP contribution in [0, 0.1) is 11.3 Å². The summed E-state index contributed by atoms with van der Waals surface area (Å²) in [6, 6.07) is 18.8. The van der Waals surface area contributed by atoms with Gasteiger partial charge in [0.1, 0.15) is 0 Å². The van der Waals surface area contributed by atoms with Crippen molar-refractivity contribution in [3.63, 3.8) is 0 Å². The SMILES string of the molecule is N#Cc1ccc(Nc2c(N)cnc3c2ccn3S(=O)(=O)c2ccccc2)cc1. The third-order valence-corrected chi connectivity index (χ3v) is 5.97. The van der Waals surface area contributed by atoms with E-state index in [4.69, 9.17) is 11.0 Å². The number of benzene rings is 2. The lowest BCUT2D eigenvalue weighted by molar-refractivity contribution is 0.589. The maximum atomic E-state index is 13.0. The first-order valence-corrected chi connectivity index (χ1v) is 9.78. The maximum Gasteiger partial charge on any atom is 0.269 e. The molecule has 0 aliphatic rings. The van der Waals surface area contributed by atoms with Gasteiger partial charge in [0.05, 0.1) is 34.1 Å². The zero-order valence-electron chi connectivity index (χ0n) is 14.6. The molecule has 0 saturated carbocycles. The Hall–Kier alpha value is -3.83. The van der Waals surface area contributed by atoms with Gasteiger partial charge < -0.3 is 11.1 Å². The summed E-state index contributed by atoms with van der Waals surface area (Å²) < 4.78 is 27.1. The summed E-state index contributed by atoms with van der Waals surface area (Å²) in [4.78, 5) is 4.41. The number of nitrogens with two attached hydrogens (primary N) is 1. The first kappa shape index (κ1) is 17.6. The van der Waals surface area contributed by atoms with Crippen LogP contribution in [-0.2, 0) is 10.0 Å². The Labute approximate surface area is 161 Å². The number of anilines is 3. The molecule has 0 saturated heterocycles. The van der Waals surface area contributed by atoms with E-state index < -0.39 is 10.0 Å². The number of pyridine rings is 1. The number of nitriles is 1. The van der Waals surface area contributed by atoms with Crippen LogP contribution in [0.3, 0.4) is 0 Å². The van der Waals surface area contributed by atoms with Gasteiger partial charge in [0, 0.05) is 17.3 Å². The molecule has 4 rings (SSSR count). The largest absolute Gasteiger partial charge is 0.396 e. The highest BCUT2D eigenvalue weighted by Crippen LogP contribution is 2.32. The minimum Gasteiger partial charge on any atom is -0.396 e. The smallest absolute Gasteiger partial charge is 0.269 e. The molecule has 0 aliphatic carbocycles. The van der Waals surface area contributed by atoms with Crippen molar-refractivity contribution in [3.8, 4) is 6.07 Å². The van der Waals surface area contributed by atoms with E-state index >= 15 is 0 Å². The van der Waals surface area contributed by atoms with Gasteiger partial charge in [-0.25, -0.2) is 17.4 Å². The van der Waals surface area contributed by atoms with Crippen molar-refractivity contribution in [2.24, 2.45) is 0 Å². The second-order valence-corrected chi connectivity index (χ2v) is 7.88. The molecule has 2 aromatic carbocycles. The fourth-order valence-corrected chi connectivity index (χ4v) is 4.21. The summed E-state index contributed by atoms with van der Waals surface area (Å²) in [7, 11) is -3.78. The van der Waals surface area contributed by atoms with Gasteiger partial charge in [-0.05, 0) is 42.5 Å². The van der Waals surface area contributed by atoms with Crippen molar-refractivity contribution in [2.45, 2.75) is 4.90 Å². The highest BCUT2D eigenvalue weighted by molar-refractivity contribution is 7.90. The Balaban J connectivity index is 1.82. The Morgan fingerprint density at radius 2 is 1.75 bits per heavy atom. The van der Waals surface area contributed by atoms with E-state index in [1.165, 1.54) is 24.5 Å². The topological polar surface area (TPSA) is 114 Å². The molecule has 0 aliphatic heterocycles. The Morgan fingerprint density at radius 1 is 1.04 bits per heavy atom. The normalized spacial score (nSPS) is 11.2. The molecule has 0 amide bonds. The summed E-state index contributed by atoms with van der Waals surface area (Å²) in [6.45, 7) is 0. The number of nitrogen functional groups attached to an aromatic ring is 1. The van der Waals surface area contributed by atoms with Crippen LogP contribution >= 0.6 is 0 Å². The van der Waals surface area contributed by atoms with Gasteiger partial charge in [-0.1, -0.05) is 18.2 Å². The monoisotopic (exact) mass is 389 g/mol. The highest BCUT2D eigenvalue weighted by Gasteiger charge is 2.21. The van der Waals surface area contributed by atoms with E-state index in [0.29, 0.717) is 22.3 Å². The van der Waals surface area contributed by atoms with E-state index in [9.17, 15) is 8.42 Å². The molecule has 0 atom stereocenters. The third kappa shape index (κ3) is 2.94. The summed E-state index contributed by atoms with van der Waals surface area (Å²) in [6.07, 6.45) is 2.88. The van der Waals surface area contributed by atoms with Crippen LogP contribution in [-0.4, -0.2) is 17.4 Å². The Morgan fingerprint density at radius 3 is 2.43 bits per heavy atom. The molecule has 2 heterocycles. The predicted octanol–water partition coefficient (Wildman–Crippen LogP) is 3.47. The zero-order valence-corrected chi connectivity index (χ0v) is 15.4. The molecule has 0 radical (unpaired) electrons. The van der Waals surface area contributed by atoms with Crippen molar-refractivity contribution in [1.29, 1.82) is 5.26 Å². The van der Waals surface area contributed by atoms with E-state index in [1.807, 2.05) is 0 Å². The molecule has 3 N–H and O–H groups in total. The third-order valence-electron chi connectivity index (χ3n) is 4.29. The summed E-state index contributed by atoms with van der Waals surface area (Å²) in [5.74, 6) is 0. The Kier molecular flexibility index (Phi) is 4.22. The number of aromatic nitrogens is 2. The van der Waals surface area contributed by atoms with E-state index in [0.717, 1.165) is 9.66 Å². The number of hydrogen-bond donors (Lipinski definition) is 2. The Bertz CT molecular complexity index is 1300. The number of hydrogen-bond acceptors (Lipinski definition) is 6. The van der Waals surface area contributed by atoms with Gasteiger partial charge in [0.15, 0.2) is 5.65 Å². The molecule has 4 aromatic rings. The number of rotatable bonds is 4. The molecular formula is C20H15N5O2S. The van der Waals surface area contributed by atoms with Gasteiger partial charge >= 0.3 is 0 Å². The molecular weight excluding hydrogens is 374 g/mol. The first-order chi connectivity index (χ1) is 13.5. The van der Waals surface area contributed by atoms with E-state index in [1.54, 1.807) is 48.5 Å². The van der Waals surface area contributed by atoms with Gasteiger partial charge in [-0.2, -0.15) is 5.26 Å². The molecule has 2 aromatic heterocycles. The molecule has 28 heavy (non-hydrogen) atoms. The predicted molar refractivity (Wildman–Crippen MR) is 108 cm³/mol.